The second-order valence-corrected chi connectivity index (χ2v) is 3.96. The summed E-state index contributed by atoms with van der Waals surface area (Å²) in [5.41, 5.74) is 1.34. The van der Waals surface area contributed by atoms with E-state index in [9.17, 15) is 4.39 Å². The van der Waals surface area contributed by atoms with Gasteiger partial charge in [-0.25, -0.2) is 4.39 Å². The minimum Gasteiger partial charge on any atom is -0.211 e. The predicted octanol–water partition coefficient (Wildman–Crippen LogP) is 4.24. The lowest BCUT2D eigenvalue weighted by atomic mass is 9.95. The van der Waals surface area contributed by atoms with Gasteiger partial charge in [0.1, 0.15) is 5.83 Å². The van der Waals surface area contributed by atoms with Crippen LogP contribution in [0.1, 0.15) is 40.0 Å². The first-order chi connectivity index (χ1) is 6.16. The van der Waals surface area contributed by atoms with Crippen molar-refractivity contribution in [2.24, 2.45) is 11.8 Å². The molecular weight excluding hydrogens is 163 g/mol. The zero-order valence-electron chi connectivity index (χ0n) is 8.81. The summed E-state index contributed by atoms with van der Waals surface area (Å²) in [4.78, 5) is 0. The van der Waals surface area contributed by atoms with Crippen molar-refractivity contribution in [1.82, 2.24) is 0 Å². The zero-order valence-corrected chi connectivity index (χ0v) is 8.81. The maximum absolute atomic E-state index is 12.6. The van der Waals surface area contributed by atoms with Crippen LogP contribution in [-0.4, -0.2) is 0 Å². The van der Waals surface area contributed by atoms with E-state index in [1.54, 1.807) is 6.08 Å². The summed E-state index contributed by atoms with van der Waals surface area (Å²) < 4.78 is 12.6. The van der Waals surface area contributed by atoms with E-state index < -0.39 is 0 Å². The Morgan fingerprint density at radius 2 is 2.31 bits per heavy atom. The van der Waals surface area contributed by atoms with E-state index in [2.05, 4.69) is 26.8 Å². The van der Waals surface area contributed by atoms with Crippen LogP contribution in [0, 0.1) is 11.8 Å². The lowest BCUT2D eigenvalue weighted by molar-refractivity contribution is 0.526. The first-order valence-electron chi connectivity index (χ1n) is 5.20. The molecule has 74 valence electrons. The molecule has 2 atom stereocenters. The molecule has 13 heavy (non-hydrogen) atoms. The maximum Gasteiger partial charge on any atom is 0.104 e. The molecule has 0 spiro atoms. The van der Waals surface area contributed by atoms with E-state index in [1.807, 2.05) is 0 Å². The Bertz CT molecular complexity index is 225. The second kappa shape index (κ2) is 4.59. The van der Waals surface area contributed by atoms with Crippen molar-refractivity contribution in [3.05, 3.63) is 23.6 Å². The second-order valence-electron chi connectivity index (χ2n) is 3.96. The fourth-order valence-corrected chi connectivity index (χ4v) is 1.51. The Kier molecular flexibility index (Phi) is 3.71. The molecule has 0 N–H and O–H groups in total. The highest BCUT2D eigenvalue weighted by Crippen LogP contribution is 2.39. The van der Waals surface area contributed by atoms with E-state index in [4.69, 9.17) is 0 Å². The van der Waals surface area contributed by atoms with Gasteiger partial charge in [-0.1, -0.05) is 38.3 Å². The number of unbranched alkanes of at least 4 members (excludes halogenated alkanes) is 2. The lowest BCUT2D eigenvalue weighted by Gasteiger charge is -2.10. The molecule has 0 saturated heterocycles. The summed E-state index contributed by atoms with van der Waals surface area (Å²) in [6.07, 6.45) is 7.58. The van der Waals surface area contributed by atoms with Gasteiger partial charge in [-0.3, -0.25) is 0 Å². The first-order valence-corrected chi connectivity index (χ1v) is 5.20. The van der Waals surface area contributed by atoms with Crippen LogP contribution in [0.2, 0.25) is 0 Å². The SMILES string of the molecule is CCCC/C=C(\C)[C@@H](C)[C@@H]1C=C1F. The average Bonchev–Trinajstić information content (AvgIpc) is 2.81. The summed E-state index contributed by atoms with van der Waals surface area (Å²) in [7, 11) is 0. The minimum atomic E-state index is 0.0794. The average molecular weight is 182 g/mol. The van der Waals surface area contributed by atoms with Gasteiger partial charge >= 0.3 is 0 Å². The smallest absolute Gasteiger partial charge is 0.104 e. The van der Waals surface area contributed by atoms with Crippen LogP contribution in [0.15, 0.2) is 23.6 Å². The molecule has 1 heteroatoms. The molecule has 0 saturated carbocycles. The van der Waals surface area contributed by atoms with Gasteiger partial charge in [-0.05, 0) is 25.3 Å². The highest BCUT2D eigenvalue weighted by Gasteiger charge is 2.31. The van der Waals surface area contributed by atoms with Crippen LogP contribution >= 0.6 is 0 Å². The third kappa shape index (κ3) is 2.98. The fraction of sp³-hybridized carbons (Fsp3) is 0.667. The number of hydrogen-bond acceptors (Lipinski definition) is 0. The minimum absolute atomic E-state index is 0.0794. The van der Waals surface area contributed by atoms with Crippen LogP contribution < -0.4 is 0 Å². The Labute approximate surface area is 80.5 Å². The Hall–Kier alpha value is -0.590. The van der Waals surface area contributed by atoms with Gasteiger partial charge in [0.25, 0.3) is 0 Å². The molecule has 0 bridgehead atoms. The van der Waals surface area contributed by atoms with Crippen LogP contribution in [0.4, 0.5) is 4.39 Å². The van der Waals surface area contributed by atoms with E-state index in [-0.39, 0.29) is 11.7 Å². The number of halogens is 1. The van der Waals surface area contributed by atoms with Gasteiger partial charge in [0.05, 0.1) is 0 Å². The van der Waals surface area contributed by atoms with Crippen LogP contribution in [0.25, 0.3) is 0 Å². The molecule has 0 amide bonds. The lowest BCUT2D eigenvalue weighted by Crippen LogP contribution is -2.00. The highest BCUT2D eigenvalue weighted by molar-refractivity contribution is 5.27. The summed E-state index contributed by atoms with van der Waals surface area (Å²) in [6, 6.07) is 0. The predicted molar refractivity (Wildman–Crippen MR) is 55.1 cm³/mol. The van der Waals surface area contributed by atoms with E-state index >= 15 is 0 Å². The highest BCUT2D eigenvalue weighted by atomic mass is 19.1. The molecule has 0 nitrogen and oxygen atoms in total. The maximum atomic E-state index is 12.6. The van der Waals surface area contributed by atoms with Crippen molar-refractivity contribution in [1.29, 1.82) is 0 Å². The van der Waals surface area contributed by atoms with Crippen molar-refractivity contribution in [3.63, 3.8) is 0 Å². The Morgan fingerprint density at radius 1 is 1.69 bits per heavy atom. The molecule has 0 aromatic rings. The van der Waals surface area contributed by atoms with Gasteiger partial charge in [0.15, 0.2) is 0 Å². The van der Waals surface area contributed by atoms with Crippen molar-refractivity contribution >= 4 is 0 Å². The van der Waals surface area contributed by atoms with Crippen LogP contribution in [0.3, 0.4) is 0 Å². The third-order valence-corrected chi connectivity index (χ3v) is 2.83. The molecule has 1 aliphatic carbocycles. The van der Waals surface area contributed by atoms with Gasteiger partial charge in [0.2, 0.25) is 0 Å². The summed E-state index contributed by atoms with van der Waals surface area (Å²) in [5.74, 6) is 0.575. The molecule has 0 aliphatic heterocycles. The van der Waals surface area contributed by atoms with Crippen molar-refractivity contribution in [2.45, 2.75) is 40.0 Å². The quantitative estimate of drug-likeness (QED) is 0.440. The number of rotatable bonds is 5. The Morgan fingerprint density at radius 3 is 2.77 bits per heavy atom. The van der Waals surface area contributed by atoms with Crippen molar-refractivity contribution < 1.29 is 4.39 Å². The molecule has 1 rings (SSSR count). The topological polar surface area (TPSA) is 0 Å². The third-order valence-electron chi connectivity index (χ3n) is 2.83. The molecule has 1 aliphatic rings. The Balaban J connectivity index is 2.29. The van der Waals surface area contributed by atoms with Gasteiger partial charge in [-0.15, -0.1) is 0 Å². The zero-order chi connectivity index (χ0) is 9.84. The van der Waals surface area contributed by atoms with Crippen LogP contribution in [0.5, 0.6) is 0 Å². The van der Waals surface area contributed by atoms with E-state index in [0.29, 0.717) is 5.92 Å². The molecule has 0 radical (unpaired) electrons. The van der Waals surface area contributed by atoms with Gasteiger partial charge < -0.3 is 0 Å². The molecule has 0 heterocycles. The molecule has 0 fully saturated rings. The first kappa shape index (κ1) is 10.5. The standard InChI is InChI=1S/C12H19F/c1-4-5-6-7-9(2)10(3)11-8-12(11)13/h7-8,10-11H,4-6H2,1-3H3/b9-7+/t10-,11+/m1/s1. The molecule has 0 aromatic heterocycles. The normalized spacial score (nSPS) is 24.2. The molecule has 0 unspecified atom stereocenters. The van der Waals surface area contributed by atoms with Crippen molar-refractivity contribution in [3.8, 4) is 0 Å². The fourth-order valence-electron chi connectivity index (χ4n) is 1.51. The number of hydrogen-bond donors (Lipinski definition) is 0. The molecular formula is C12H19F. The molecule has 0 aromatic carbocycles. The summed E-state index contributed by atoms with van der Waals surface area (Å²) in [6.45, 7) is 6.40. The van der Waals surface area contributed by atoms with Gasteiger partial charge in [0, 0.05) is 5.92 Å². The van der Waals surface area contributed by atoms with Crippen molar-refractivity contribution in [2.75, 3.05) is 0 Å². The summed E-state index contributed by atoms with van der Waals surface area (Å²) >= 11 is 0. The largest absolute Gasteiger partial charge is 0.211 e. The number of allylic oxidation sites excluding steroid dienone is 4. The van der Waals surface area contributed by atoms with Gasteiger partial charge in [-0.2, -0.15) is 0 Å². The monoisotopic (exact) mass is 182 g/mol. The van der Waals surface area contributed by atoms with Crippen LogP contribution in [-0.2, 0) is 0 Å². The summed E-state index contributed by atoms with van der Waals surface area (Å²) in [5, 5.41) is 0. The van der Waals surface area contributed by atoms with E-state index in [0.717, 1.165) is 6.42 Å². The van der Waals surface area contributed by atoms with E-state index in [1.165, 1.54) is 18.4 Å².